The molecule has 2 N–H and O–H groups in total. The van der Waals surface area contributed by atoms with Crippen LogP contribution in [0.4, 0.5) is 15.3 Å². The van der Waals surface area contributed by atoms with Crippen LogP contribution in [-0.2, 0) is 39.3 Å². The first-order valence-corrected chi connectivity index (χ1v) is 12.9. The van der Waals surface area contributed by atoms with Gasteiger partial charge >= 0.3 is 12.1 Å². The molecule has 0 bridgehead atoms. The molecular weight excluding hydrogens is 472 g/mol. The van der Waals surface area contributed by atoms with Gasteiger partial charge in [-0.3, -0.25) is 9.59 Å². The molecule has 192 valence electrons. The Kier molecular flexibility index (Phi) is 5.66. The molecule has 0 unspecified atom stereocenters. The van der Waals surface area contributed by atoms with Crippen LogP contribution in [0.2, 0.25) is 0 Å². The summed E-state index contributed by atoms with van der Waals surface area (Å²) in [5, 5.41) is 5.22. The van der Waals surface area contributed by atoms with Gasteiger partial charge in [-0.1, -0.05) is 30.3 Å². The molecular formula is C28H30N4O5. The summed E-state index contributed by atoms with van der Waals surface area (Å²) >= 11 is 0. The third kappa shape index (κ3) is 4.02. The van der Waals surface area contributed by atoms with Gasteiger partial charge in [-0.2, -0.15) is 0 Å². The van der Waals surface area contributed by atoms with Gasteiger partial charge in [-0.25, -0.2) is 14.5 Å². The molecule has 9 nitrogen and oxygen atoms in total. The van der Waals surface area contributed by atoms with Crippen molar-refractivity contribution in [1.29, 1.82) is 0 Å². The lowest BCUT2D eigenvalue weighted by atomic mass is 9.94. The Labute approximate surface area is 215 Å². The number of hydrogen-bond donors (Lipinski definition) is 2. The Balaban J connectivity index is 1.23. The number of nitrogens with one attached hydrogen (secondary N) is 2. The van der Waals surface area contributed by atoms with Crippen molar-refractivity contribution < 1.29 is 23.9 Å². The molecule has 6 rings (SSSR count). The number of imide groups is 1. The van der Waals surface area contributed by atoms with Crippen LogP contribution in [0, 0.1) is 5.92 Å². The largest absolute Gasteiger partial charge is 0.427 e. The highest BCUT2D eigenvalue weighted by atomic mass is 16.6. The number of nitrogens with zero attached hydrogens (tertiary/aromatic N) is 2. The Bertz CT molecular complexity index is 1310. The monoisotopic (exact) mass is 502 g/mol. The summed E-state index contributed by atoms with van der Waals surface area (Å²) in [6.45, 7) is 0.165. The van der Waals surface area contributed by atoms with E-state index in [1.165, 1.54) is 12.6 Å². The topological polar surface area (TPSA) is 108 Å². The molecule has 1 spiro atoms. The SMILES string of the molecule is CNC(=O)Nc1ccc2c(c1)CC[C@]21OC(=O)N(CC(=O)N2Cc3ccccc3CC[C@@H]2C2CC2)C1=O. The molecule has 4 aliphatic rings. The lowest BCUT2D eigenvalue weighted by Crippen LogP contribution is -2.48. The maximum Gasteiger partial charge on any atom is 0.418 e. The summed E-state index contributed by atoms with van der Waals surface area (Å²) < 4.78 is 5.73. The summed E-state index contributed by atoms with van der Waals surface area (Å²) in [7, 11) is 1.53. The van der Waals surface area contributed by atoms with Crippen LogP contribution in [0.3, 0.4) is 0 Å². The first-order chi connectivity index (χ1) is 17.9. The van der Waals surface area contributed by atoms with E-state index in [4.69, 9.17) is 4.74 Å². The Morgan fingerprint density at radius 2 is 1.81 bits per heavy atom. The standard InChI is InChI=1S/C28H30N4O5/c1-29-26(35)30-21-9-10-22-19(14-21)12-13-28(22)25(34)32(27(36)37-28)16-24(33)31-15-20-5-3-2-4-17(20)8-11-23(31)18-6-7-18/h2-5,9-10,14,18,23H,6-8,11-13,15-16H2,1H3,(H2,29,30,35)/t23-,28+/m1/s1. The summed E-state index contributed by atoms with van der Waals surface area (Å²) in [4.78, 5) is 54.8. The Morgan fingerprint density at radius 1 is 1.03 bits per heavy atom. The predicted molar refractivity (Wildman–Crippen MR) is 135 cm³/mol. The lowest BCUT2D eigenvalue weighted by Gasteiger charge is -2.31. The normalized spacial score (nSPS) is 24.4. The second-order valence-corrected chi connectivity index (χ2v) is 10.4. The van der Waals surface area contributed by atoms with Gasteiger partial charge in [0, 0.05) is 37.3 Å². The van der Waals surface area contributed by atoms with Crippen LogP contribution < -0.4 is 10.6 Å². The van der Waals surface area contributed by atoms with Crippen LogP contribution in [-0.4, -0.2) is 53.4 Å². The third-order valence-corrected chi connectivity index (χ3v) is 8.19. The minimum absolute atomic E-state index is 0.112. The highest BCUT2D eigenvalue weighted by Gasteiger charge is 2.58. The summed E-state index contributed by atoms with van der Waals surface area (Å²) in [5.74, 6) is -0.237. The van der Waals surface area contributed by atoms with Gasteiger partial charge in [0.1, 0.15) is 6.54 Å². The average Bonchev–Trinajstić information content (AvgIpc) is 3.66. The van der Waals surface area contributed by atoms with Crippen LogP contribution >= 0.6 is 0 Å². The van der Waals surface area contributed by atoms with Crippen molar-refractivity contribution in [3.05, 3.63) is 64.7 Å². The quantitative estimate of drug-likeness (QED) is 0.667. The van der Waals surface area contributed by atoms with E-state index in [9.17, 15) is 19.2 Å². The molecule has 2 aromatic rings. The lowest BCUT2D eigenvalue weighted by molar-refractivity contribution is -0.143. The maximum absolute atomic E-state index is 13.7. The molecule has 1 saturated carbocycles. The van der Waals surface area contributed by atoms with Crippen LogP contribution in [0.1, 0.15) is 47.9 Å². The molecule has 1 saturated heterocycles. The number of carbonyl (C=O) groups excluding carboxylic acids is 4. The molecule has 5 amide bonds. The van der Waals surface area contributed by atoms with Crippen molar-refractivity contribution in [2.75, 3.05) is 18.9 Å². The minimum Gasteiger partial charge on any atom is -0.427 e. The maximum atomic E-state index is 13.7. The number of aryl methyl sites for hydroxylation is 2. The number of benzene rings is 2. The minimum atomic E-state index is -1.42. The van der Waals surface area contributed by atoms with E-state index >= 15 is 0 Å². The van der Waals surface area contributed by atoms with Gasteiger partial charge in [-0.15, -0.1) is 0 Å². The average molecular weight is 503 g/mol. The zero-order chi connectivity index (χ0) is 25.7. The second-order valence-electron chi connectivity index (χ2n) is 10.4. The zero-order valence-electron chi connectivity index (χ0n) is 20.8. The molecule has 2 heterocycles. The third-order valence-electron chi connectivity index (χ3n) is 8.19. The van der Waals surface area contributed by atoms with Gasteiger partial charge < -0.3 is 20.3 Å². The summed E-state index contributed by atoms with van der Waals surface area (Å²) in [6, 6.07) is 13.1. The highest BCUT2D eigenvalue weighted by molar-refractivity contribution is 6.06. The first-order valence-electron chi connectivity index (χ1n) is 12.9. The first kappa shape index (κ1) is 23.5. The van der Waals surface area contributed by atoms with E-state index in [2.05, 4.69) is 22.8 Å². The number of rotatable bonds is 4. The van der Waals surface area contributed by atoms with Crippen molar-refractivity contribution in [3.63, 3.8) is 0 Å². The van der Waals surface area contributed by atoms with E-state index in [1.54, 1.807) is 18.2 Å². The van der Waals surface area contributed by atoms with Gasteiger partial charge in [-0.05, 0) is 66.8 Å². The zero-order valence-corrected chi connectivity index (χ0v) is 20.8. The van der Waals surface area contributed by atoms with E-state index in [0.717, 1.165) is 41.7 Å². The number of hydrogen-bond acceptors (Lipinski definition) is 5. The predicted octanol–water partition coefficient (Wildman–Crippen LogP) is 3.31. The molecule has 0 aromatic heterocycles. The highest BCUT2D eigenvalue weighted by Crippen LogP contribution is 2.46. The van der Waals surface area contributed by atoms with Crippen molar-refractivity contribution in [2.45, 2.75) is 56.7 Å². The summed E-state index contributed by atoms with van der Waals surface area (Å²) in [5.41, 5.74) is 3.00. The smallest absolute Gasteiger partial charge is 0.418 e. The number of anilines is 1. The fourth-order valence-corrected chi connectivity index (χ4v) is 6.11. The molecule has 2 atom stereocenters. The van der Waals surface area contributed by atoms with Crippen LogP contribution in [0.5, 0.6) is 0 Å². The Hall–Kier alpha value is -3.88. The number of fused-ring (bicyclic) bond motifs is 3. The fourth-order valence-electron chi connectivity index (χ4n) is 6.11. The van der Waals surface area contributed by atoms with Crippen LogP contribution in [0.25, 0.3) is 0 Å². The van der Waals surface area contributed by atoms with Crippen molar-refractivity contribution in [1.82, 2.24) is 15.1 Å². The molecule has 2 aliphatic heterocycles. The molecule has 2 aliphatic carbocycles. The summed E-state index contributed by atoms with van der Waals surface area (Å²) in [6.07, 6.45) is 4.06. The van der Waals surface area contributed by atoms with E-state index < -0.39 is 17.6 Å². The number of carbonyl (C=O) groups is 4. The Morgan fingerprint density at radius 3 is 2.57 bits per heavy atom. The van der Waals surface area contributed by atoms with Gasteiger partial charge in [0.25, 0.3) is 5.91 Å². The number of urea groups is 1. The van der Waals surface area contributed by atoms with E-state index in [-0.39, 0.29) is 24.5 Å². The fraction of sp³-hybridized carbons (Fsp3) is 0.429. The van der Waals surface area contributed by atoms with Crippen molar-refractivity contribution in [2.24, 2.45) is 5.92 Å². The van der Waals surface area contributed by atoms with Crippen LogP contribution in [0.15, 0.2) is 42.5 Å². The molecule has 2 fully saturated rings. The number of ether oxygens (including phenoxy) is 1. The van der Waals surface area contributed by atoms with Gasteiger partial charge in [0.2, 0.25) is 11.5 Å². The van der Waals surface area contributed by atoms with E-state index in [0.29, 0.717) is 36.6 Å². The number of amides is 5. The molecule has 2 aromatic carbocycles. The van der Waals surface area contributed by atoms with E-state index in [1.807, 2.05) is 17.0 Å². The second kappa shape index (κ2) is 8.90. The molecule has 9 heteroatoms. The van der Waals surface area contributed by atoms with Gasteiger partial charge in [0.05, 0.1) is 0 Å². The van der Waals surface area contributed by atoms with Crippen molar-refractivity contribution in [3.8, 4) is 0 Å². The van der Waals surface area contributed by atoms with Crippen molar-refractivity contribution >= 4 is 29.6 Å². The molecule has 37 heavy (non-hydrogen) atoms. The van der Waals surface area contributed by atoms with Gasteiger partial charge in [0.15, 0.2) is 0 Å². The molecule has 0 radical (unpaired) electrons.